The van der Waals surface area contributed by atoms with E-state index in [0.717, 1.165) is 5.56 Å². The monoisotopic (exact) mass is 248 g/mol. The Morgan fingerprint density at radius 3 is 2.39 bits per heavy atom. The van der Waals surface area contributed by atoms with E-state index in [4.69, 9.17) is 9.47 Å². The van der Waals surface area contributed by atoms with Crippen molar-refractivity contribution in [2.75, 3.05) is 7.11 Å². The Bertz CT molecular complexity index is 477. The molecule has 1 saturated carbocycles. The molecule has 0 bridgehead atoms. The minimum absolute atomic E-state index is 0.0707. The summed E-state index contributed by atoms with van der Waals surface area (Å²) < 4.78 is 10.3. The largest absolute Gasteiger partial charge is 0.427 e. The van der Waals surface area contributed by atoms with Gasteiger partial charge in [-0.25, -0.2) is 0 Å². The predicted molar refractivity (Wildman–Crippen MR) is 65.5 cm³/mol. The topological polar surface area (TPSA) is 52.6 Å². The second-order valence-electron chi connectivity index (χ2n) is 4.65. The fourth-order valence-electron chi connectivity index (χ4n) is 2.27. The molecule has 1 aromatic carbocycles. The van der Waals surface area contributed by atoms with Gasteiger partial charge in [-0.3, -0.25) is 9.59 Å². The highest BCUT2D eigenvalue weighted by molar-refractivity contribution is 5.95. The van der Waals surface area contributed by atoms with Crippen molar-refractivity contribution in [3.8, 4) is 5.75 Å². The van der Waals surface area contributed by atoms with Gasteiger partial charge >= 0.3 is 5.97 Å². The summed E-state index contributed by atoms with van der Waals surface area (Å²) in [6, 6.07) is 7.20. The molecule has 0 heterocycles. The van der Waals surface area contributed by atoms with Crippen LogP contribution < -0.4 is 4.74 Å². The number of carbonyl (C=O) groups excluding carboxylic acids is 2. The molecular formula is C14H16O4. The van der Waals surface area contributed by atoms with Crippen LogP contribution in [0.2, 0.25) is 0 Å². The van der Waals surface area contributed by atoms with Crippen LogP contribution >= 0.6 is 0 Å². The first kappa shape index (κ1) is 12.8. The molecular weight excluding hydrogens is 232 g/mol. The van der Waals surface area contributed by atoms with Crippen molar-refractivity contribution in [2.45, 2.75) is 31.8 Å². The van der Waals surface area contributed by atoms with Gasteiger partial charge in [-0.2, -0.15) is 0 Å². The maximum absolute atomic E-state index is 11.6. The molecule has 0 radical (unpaired) electrons. The lowest BCUT2D eigenvalue weighted by Gasteiger charge is -2.44. The van der Waals surface area contributed by atoms with Gasteiger partial charge in [0.2, 0.25) is 0 Å². The number of hydrogen-bond acceptors (Lipinski definition) is 4. The fraction of sp³-hybridized carbons (Fsp3) is 0.429. The number of methoxy groups -OCH3 is 1. The van der Waals surface area contributed by atoms with E-state index in [2.05, 4.69) is 0 Å². The van der Waals surface area contributed by atoms with Gasteiger partial charge in [0, 0.05) is 26.4 Å². The van der Waals surface area contributed by atoms with E-state index in [9.17, 15) is 9.59 Å². The number of ether oxygens (including phenoxy) is 2. The van der Waals surface area contributed by atoms with Crippen molar-refractivity contribution in [3.63, 3.8) is 0 Å². The van der Waals surface area contributed by atoms with Crippen LogP contribution in [0.3, 0.4) is 0 Å². The van der Waals surface area contributed by atoms with Crippen LogP contribution in [-0.2, 0) is 14.3 Å². The normalized spacial score (nSPS) is 26.6. The lowest BCUT2D eigenvalue weighted by Crippen LogP contribution is -2.53. The van der Waals surface area contributed by atoms with Crippen LogP contribution in [0.5, 0.6) is 5.75 Å². The maximum atomic E-state index is 11.6. The number of carbonyl (C=O) groups is 2. The van der Waals surface area contributed by atoms with Crippen molar-refractivity contribution in [2.24, 2.45) is 0 Å². The van der Waals surface area contributed by atoms with Crippen LogP contribution in [0.1, 0.15) is 31.7 Å². The van der Waals surface area contributed by atoms with Gasteiger partial charge in [0.1, 0.15) is 11.4 Å². The first-order valence-electron chi connectivity index (χ1n) is 5.84. The molecule has 4 nitrogen and oxygen atoms in total. The van der Waals surface area contributed by atoms with Gasteiger partial charge in [-0.1, -0.05) is 12.1 Å². The number of esters is 1. The van der Waals surface area contributed by atoms with Crippen molar-refractivity contribution in [3.05, 3.63) is 29.8 Å². The van der Waals surface area contributed by atoms with Crippen molar-refractivity contribution >= 4 is 11.8 Å². The average molecular weight is 248 g/mol. The minimum Gasteiger partial charge on any atom is -0.427 e. The van der Waals surface area contributed by atoms with Crippen LogP contribution in [-0.4, -0.2) is 24.5 Å². The standard InChI is InChI=1S/C14H16O4/c1-9(15)18-11-6-4-10(5-7-11)12-8-13(16)14(12,2)17-3/h4-7,12H,8H2,1-3H3/t12-,14-/m1/s1. The third kappa shape index (κ3) is 2.04. The number of benzene rings is 1. The second-order valence-corrected chi connectivity index (χ2v) is 4.65. The summed E-state index contributed by atoms with van der Waals surface area (Å²) in [6.45, 7) is 3.17. The molecule has 1 aliphatic rings. The molecule has 1 fully saturated rings. The summed E-state index contributed by atoms with van der Waals surface area (Å²) in [5.74, 6) is 0.361. The molecule has 4 heteroatoms. The summed E-state index contributed by atoms with van der Waals surface area (Å²) >= 11 is 0. The zero-order valence-corrected chi connectivity index (χ0v) is 10.7. The summed E-state index contributed by atoms with van der Waals surface area (Å²) in [6.07, 6.45) is 0.497. The van der Waals surface area contributed by atoms with E-state index in [1.807, 2.05) is 19.1 Å². The van der Waals surface area contributed by atoms with Crippen molar-refractivity contribution in [1.29, 1.82) is 0 Å². The Morgan fingerprint density at radius 1 is 1.33 bits per heavy atom. The Labute approximate surface area is 106 Å². The molecule has 0 spiro atoms. The lowest BCUT2D eigenvalue weighted by atomic mass is 9.66. The van der Waals surface area contributed by atoms with Gasteiger partial charge in [-0.15, -0.1) is 0 Å². The van der Waals surface area contributed by atoms with E-state index < -0.39 is 5.60 Å². The number of Topliss-reactive ketones (excluding diaryl/α,β-unsaturated/α-hetero) is 1. The van der Waals surface area contributed by atoms with Crippen LogP contribution in [0.25, 0.3) is 0 Å². The van der Waals surface area contributed by atoms with Gasteiger partial charge in [0.15, 0.2) is 5.78 Å². The number of hydrogen-bond donors (Lipinski definition) is 0. The average Bonchev–Trinajstić information content (AvgIpc) is 2.35. The highest BCUT2D eigenvalue weighted by atomic mass is 16.5. The summed E-state index contributed by atoms with van der Waals surface area (Å²) in [5.41, 5.74) is 0.304. The van der Waals surface area contributed by atoms with E-state index in [-0.39, 0.29) is 17.7 Å². The van der Waals surface area contributed by atoms with Gasteiger partial charge in [0.05, 0.1) is 0 Å². The molecule has 2 atom stereocenters. The first-order chi connectivity index (χ1) is 8.47. The van der Waals surface area contributed by atoms with Crippen LogP contribution in [0.15, 0.2) is 24.3 Å². The van der Waals surface area contributed by atoms with E-state index in [0.29, 0.717) is 12.2 Å². The molecule has 96 valence electrons. The minimum atomic E-state index is -0.719. The number of ketones is 1. The van der Waals surface area contributed by atoms with Crippen LogP contribution in [0.4, 0.5) is 0 Å². The zero-order chi connectivity index (χ0) is 13.3. The second kappa shape index (κ2) is 4.53. The SMILES string of the molecule is CO[C@@]1(C)C(=O)C[C@@H]1c1ccc(OC(C)=O)cc1. The molecule has 0 saturated heterocycles. The van der Waals surface area contributed by atoms with Crippen molar-refractivity contribution < 1.29 is 19.1 Å². The predicted octanol–water partition coefficient (Wildman–Crippen LogP) is 2.07. The third-order valence-corrected chi connectivity index (χ3v) is 3.58. The number of rotatable bonds is 3. The van der Waals surface area contributed by atoms with Gasteiger partial charge in [0.25, 0.3) is 0 Å². The summed E-state index contributed by atoms with van der Waals surface area (Å²) in [4.78, 5) is 22.4. The van der Waals surface area contributed by atoms with Crippen LogP contribution in [0, 0.1) is 0 Å². The Balaban J connectivity index is 2.16. The highest BCUT2D eigenvalue weighted by Gasteiger charge is 2.52. The third-order valence-electron chi connectivity index (χ3n) is 3.58. The quantitative estimate of drug-likeness (QED) is 0.607. The molecule has 1 aromatic rings. The fourth-order valence-corrected chi connectivity index (χ4v) is 2.27. The smallest absolute Gasteiger partial charge is 0.308 e. The molecule has 0 aliphatic heterocycles. The van der Waals surface area contributed by atoms with E-state index in [1.54, 1.807) is 19.2 Å². The first-order valence-corrected chi connectivity index (χ1v) is 5.84. The molecule has 0 N–H and O–H groups in total. The molecule has 2 rings (SSSR count). The van der Waals surface area contributed by atoms with E-state index >= 15 is 0 Å². The zero-order valence-electron chi connectivity index (χ0n) is 10.7. The highest BCUT2D eigenvalue weighted by Crippen LogP contribution is 2.45. The van der Waals surface area contributed by atoms with Gasteiger partial charge in [-0.05, 0) is 24.6 Å². The Kier molecular flexibility index (Phi) is 3.22. The molecule has 0 amide bonds. The van der Waals surface area contributed by atoms with Gasteiger partial charge < -0.3 is 9.47 Å². The Hall–Kier alpha value is -1.68. The van der Waals surface area contributed by atoms with E-state index in [1.165, 1.54) is 6.92 Å². The molecule has 0 unspecified atom stereocenters. The van der Waals surface area contributed by atoms with Crippen molar-refractivity contribution in [1.82, 2.24) is 0 Å². The maximum Gasteiger partial charge on any atom is 0.308 e. The molecule has 1 aliphatic carbocycles. The molecule has 18 heavy (non-hydrogen) atoms. The summed E-state index contributed by atoms with van der Waals surface area (Å²) in [7, 11) is 1.55. The lowest BCUT2D eigenvalue weighted by molar-refractivity contribution is -0.157. The Morgan fingerprint density at radius 2 is 1.94 bits per heavy atom. The summed E-state index contributed by atoms with van der Waals surface area (Å²) in [5, 5.41) is 0. The molecule has 0 aromatic heterocycles.